The van der Waals surface area contributed by atoms with Crippen LogP contribution in [0.25, 0.3) is 0 Å². The van der Waals surface area contributed by atoms with Gasteiger partial charge in [0.25, 0.3) is 0 Å². The summed E-state index contributed by atoms with van der Waals surface area (Å²) in [5.74, 6) is 0.429. The average molecular weight is 326 g/mol. The number of nitrogens with one attached hydrogen (secondary N) is 2. The highest BCUT2D eigenvalue weighted by atomic mass is 16.6. The molecule has 5 heteroatoms. The predicted octanol–water partition coefficient (Wildman–Crippen LogP) is 2.96. The molecule has 4 atom stereocenters. The molecule has 0 heterocycles. The van der Waals surface area contributed by atoms with Gasteiger partial charge in [0.2, 0.25) is 0 Å². The molecule has 2 aliphatic rings. The molecule has 0 spiro atoms. The molecule has 134 valence electrons. The minimum atomic E-state index is -0.456. The molecular formula is C18H34N2O3. The summed E-state index contributed by atoms with van der Waals surface area (Å²) in [6.45, 7) is 6.27. The van der Waals surface area contributed by atoms with Crippen molar-refractivity contribution in [3.8, 4) is 0 Å². The van der Waals surface area contributed by atoms with Crippen LogP contribution >= 0.6 is 0 Å². The van der Waals surface area contributed by atoms with E-state index >= 15 is 0 Å². The summed E-state index contributed by atoms with van der Waals surface area (Å²) in [4.78, 5) is 11.8. The Morgan fingerprint density at radius 3 is 2.48 bits per heavy atom. The summed E-state index contributed by atoms with van der Waals surface area (Å²) >= 11 is 0. The van der Waals surface area contributed by atoms with E-state index < -0.39 is 5.60 Å². The fraction of sp³-hybridized carbons (Fsp3) is 0.944. The van der Waals surface area contributed by atoms with Crippen molar-refractivity contribution in [2.45, 2.75) is 95.9 Å². The highest BCUT2D eigenvalue weighted by Gasteiger charge is 2.32. The minimum absolute atomic E-state index is 0.213. The monoisotopic (exact) mass is 326 g/mol. The quantitative estimate of drug-likeness (QED) is 0.695. The first kappa shape index (κ1) is 18.5. The molecule has 2 saturated carbocycles. The Morgan fingerprint density at radius 1 is 1.04 bits per heavy atom. The van der Waals surface area contributed by atoms with E-state index in [9.17, 15) is 9.90 Å². The van der Waals surface area contributed by atoms with Crippen LogP contribution < -0.4 is 10.6 Å². The normalized spacial score (nSPS) is 32.3. The lowest BCUT2D eigenvalue weighted by atomic mass is 9.99. The Hall–Kier alpha value is -0.810. The smallest absolute Gasteiger partial charge is 0.407 e. The molecule has 2 rings (SSSR count). The lowest BCUT2D eigenvalue weighted by Gasteiger charge is -2.29. The molecule has 3 N–H and O–H groups in total. The minimum Gasteiger partial charge on any atom is -0.444 e. The second-order valence-corrected chi connectivity index (χ2v) is 8.16. The number of hydrogen-bond acceptors (Lipinski definition) is 4. The Kier molecular flexibility index (Phi) is 6.72. The van der Waals surface area contributed by atoms with Gasteiger partial charge in [-0.1, -0.05) is 25.7 Å². The third-order valence-corrected chi connectivity index (χ3v) is 4.97. The van der Waals surface area contributed by atoms with Gasteiger partial charge in [-0.3, -0.25) is 0 Å². The second-order valence-electron chi connectivity index (χ2n) is 8.16. The first-order valence-corrected chi connectivity index (χ1v) is 9.26. The first-order chi connectivity index (χ1) is 10.8. The summed E-state index contributed by atoms with van der Waals surface area (Å²) < 4.78 is 5.31. The number of aliphatic hydroxyl groups excluding tert-OH is 1. The molecule has 0 aliphatic heterocycles. The lowest BCUT2D eigenvalue weighted by molar-refractivity contribution is 0.0514. The third kappa shape index (κ3) is 6.30. The molecule has 0 saturated heterocycles. The first-order valence-electron chi connectivity index (χ1n) is 9.26. The Morgan fingerprint density at radius 2 is 1.74 bits per heavy atom. The van der Waals surface area contributed by atoms with Crippen LogP contribution in [0.2, 0.25) is 0 Å². The highest BCUT2D eigenvalue weighted by molar-refractivity contribution is 5.67. The SMILES string of the molecule is CC(C)(C)OC(=O)NCC1CCCC1NC1CCCCCC1O. The van der Waals surface area contributed by atoms with Crippen LogP contribution in [-0.2, 0) is 4.74 Å². The highest BCUT2D eigenvalue weighted by Crippen LogP contribution is 2.28. The zero-order chi connectivity index (χ0) is 16.9. The van der Waals surface area contributed by atoms with Crippen LogP contribution in [0.15, 0.2) is 0 Å². The molecule has 0 bridgehead atoms. The molecule has 23 heavy (non-hydrogen) atoms. The number of amides is 1. The van der Waals surface area contributed by atoms with Crippen LogP contribution in [0.1, 0.15) is 72.1 Å². The number of carbonyl (C=O) groups is 1. The van der Waals surface area contributed by atoms with Crippen LogP contribution in [0.5, 0.6) is 0 Å². The van der Waals surface area contributed by atoms with Crippen molar-refractivity contribution in [1.82, 2.24) is 10.6 Å². The molecule has 2 fully saturated rings. The van der Waals surface area contributed by atoms with Crippen molar-refractivity contribution >= 4 is 6.09 Å². The molecule has 1 amide bonds. The van der Waals surface area contributed by atoms with Gasteiger partial charge in [0.1, 0.15) is 5.60 Å². The number of ether oxygens (including phenoxy) is 1. The Labute approximate surface area is 140 Å². The van der Waals surface area contributed by atoms with E-state index in [2.05, 4.69) is 10.6 Å². The molecular weight excluding hydrogens is 292 g/mol. The van der Waals surface area contributed by atoms with E-state index in [4.69, 9.17) is 4.74 Å². The number of hydrogen-bond donors (Lipinski definition) is 3. The van der Waals surface area contributed by atoms with Crippen LogP contribution in [-0.4, -0.2) is 41.5 Å². The lowest BCUT2D eigenvalue weighted by Crippen LogP contribution is -2.48. The zero-order valence-electron chi connectivity index (χ0n) is 14.9. The van der Waals surface area contributed by atoms with Gasteiger partial charge in [-0.15, -0.1) is 0 Å². The molecule has 0 aromatic carbocycles. The number of rotatable bonds is 4. The molecule has 0 radical (unpaired) electrons. The Balaban J connectivity index is 1.79. The van der Waals surface area contributed by atoms with Crippen molar-refractivity contribution in [3.05, 3.63) is 0 Å². The van der Waals surface area contributed by atoms with Gasteiger partial charge in [-0.2, -0.15) is 0 Å². The standard InChI is InChI=1S/C18H34N2O3/c1-18(2,3)23-17(22)19-12-13-8-7-10-14(13)20-15-9-5-4-6-11-16(15)21/h13-16,20-21H,4-12H2,1-3H3,(H,19,22). The summed E-state index contributed by atoms with van der Waals surface area (Å²) in [6.07, 6.45) is 8.39. The zero-order valence-corrected chi connectivity index (χ0v) is 14.9. The summed E-state index contributed by atoms with van der Waals surface area (Å²) in [5, 5.41) is 16.9. The van der Waals surface area contributed by atoms with Crippen molar-refractivity contribution in [2.75, 3.05) is 6.54 Å². The number of aliphatic hydroxyl groups is 1. The molecule has 2 aliphatic carbocycles. The van der Waals surface area contributed by atoms with Crippen LogP contribution in [0, 0.1) is 5.92 Å². The van der Waals surface area contributed by atoms with Gasteiger partial charge >= 0.3 is 6.09 Å². The van der Waals surface area contributed by atoms with Crippen molar-refractivity contribution in [1.29, 1.82) is 0 Å². The maximum Gasteiger partial charge on any atom is 0.407 e. The summed E-state index contributed by atoms with van der Waals surface area (Å²) in [6, 6.07) is 0.604. The fourth-order valence-electron chi connectivity index (χ4n) is 3.79. The van der Waals surface area contributed by atoms with E-state index in [0.717, 1.165) is 32.1 Å². The van der Waals surface area contributed by atoms with E-state index in [1.165, 1.54) is 19.3 Å². The van der Waals surface area contributed by atoms with E-state index in [1.807, 2.05) is 20.8 Å². The van der Waals surface area contributed by atoms with Crippen molar-refractivity contribution in [3.63, 3.8) is 0 Å². The van der Waals surface area contributed by atoms with Crippen LogP contribution in [0.4, 0.5) is 4.79 Å². The van der Waals surface area contributed by atoms with E-state index in [0.29, 0.717) is 18.5 Å². The van der Waals surface area contributed by atoms with Gasteiger partial charge in [-0.05, 0) is 52.4 Å². The van der Waals surface area contributed by atoms with Gasteiger partial charge in [-0.25, -0.2) is 4.79 Å². The molecule has 4 unspecified atom stereocenters. The van der Waals surface area contributed by atoms with Gasteiger partial charge in [0.05, 0.1) is 6.10 Å². The van der Waals surface area contributed by atoms with E-state index in [-0.39, 0.29) is 18.2 Å². The average Bonchev–Trinajstić information content (AvgIpc) is 2.78. The summed E-state index contributed by atoms with van der Waals surface area (Å²) in [7, 11) is 0. The number of carbonyl (C=O) groups excluding carboxylic acids is 1. The van der Waals surface area contributed by atoms with Crippen LogP contribution in [0.3, 0.4) is 0 Å². The van der Waals surface area contributed by atoms with Gasteiger partial charge in [0, 0.05) is 18.6 Å². The molecule has 0 aromatic heterocycles. The topological polar surface area (TPSA) is 70.6 Å². The predicted molar refractivity (Wildman–Crippen MR) is 91.4 cm³/mol. The van der Waals surface area contributed by atoms with Gasteiger partial charge in [0.15, 0.2) is 0 Å². The maximum atomic E-state index is 11.8. The number of alkyl carbamates (subject to hydrolysis) is 1. The van der Waals surface area contributed by atoms with Crippen molar-refractivity contribution in [2.24, 2.45) is 5.92 Å². The largest absolute Gasteiger partial charge is 0.444 e. The third-order valence-electron chi connectivity index (χ3n) is 4.97. The molecule has 5 nitrogen and oxygen atoms in total. The summed E-state index contributed by atoms with van der Waals surface area (Å²) in [5.41, 5.74) is -0.456. The Bertz CT molecular complexity index is 381. The van der Waals surface area contributed by atoms with Gasteiger partial charge < -0.3 is 20.5 Å². The molecule has 0 aromatic rings. The van der Waals surface area contributed by atoms with E-state index in [1.54, 1.807) is 0 Å². The van der Waals surface area contributed by atoms with Crippen molar-refractivity contribution < 1.29 is 14.6 Å². The second kappa shape index (κ2) is 8.34. The maximum absolute atomic E-state index is 11.8. The fourth-order valence-corrected chi connectivity index (χ4v) is 3.79.